The monoisotopic (exact) mass is 1910 g/mol. The predicted octanol–water partition coefficient (Wildman–Crippen LogP) is 34.3. The van der Waals surface area contributed by atoms with Gasteiger partial charge in [0, 0.05) is 121 Å². The number of fused-ring (bicyclic) bond motifs is 22. The van der Waals surface area contributed by atoms with Gasteiger partial charge in [-0.1, -0.05) is 386 Å². The molecule has 2 aliphatic carbocycles. The highest BCUT2D eigenvalue weighted by Gasteiger charge is 2.39. The second-order valence-corrected chi connectivity index (χ2v) is 39.8. The maximum atomic E-state index is 5.27. The lowest BCUT2D eigenvalue weighted by atomic mass is 9.82. The fourth-order valence-electron chi connectivity index (χ4n) is 23.4. The molecule has 0 saturated carbocycles. The van der Waals surface area contributed by atoms with Crippen molar-refractivity contribution < 1.29 is 0 Å². The van der Waals surface area contributed by atoms with Crippen molar-refractivity contribution >= 4 is 109 Å². The van der Waals surface area contributed by atoms with E-state index in [1.165, 1.54) is 137 Å². The van der Waals surface area contributed by atoms with E-state index in [2.05, 4.69) is 463 Å². The third-order valence-corrected chi connectivity index (χ3v) is 30.5. The number of hydrogen-bond donors (Lipinski definition) is 0. The lowest BCUT2D eigenvalue weighted by molar-refractivity contribution is 0.661. The van der Waals surface area contributed by atoms with E-state index in [9.17, 15) is 0 Å². The Morgan fingerprint density at radius 3 is 0.919 bits per heavy atom. The van der Waals surface area contributed by atoms with Gasteiger partial charge in [0.05, 0.1) is 77.9 Å². The molecule has 0 spiro atoms. The Hall–Kier alpha value is -19.4. The quantitative estimate of drug-likeness (QED) is 0.113. The van der Waals surface area contributed by atoms with Crippen LogP contribution in [0.15, 0.2) is 497 Å². The number of aromatic nitrogens is 12. The fourth-order valence-corrected chi connectivity index (χ4v) is 23.4. The summed E-state index contributed by atoms with van der Waals surface area (Å²) in [6, 6.07) is 176. The summed E-state index contributed by atoms with van der Waals surface area (Å²) in [5.74, 6) is 3.24. The molecule has 8 aromatic heterocycles. The highest BCUT2D eigenvalue weighted by Crippen LogP contribution is 2.55. The van der Waals surface area contributed by atoms with Crippen molar-refractivity contribution in [3.63, 3.8) is 0 Å². The fraction of sp³-hybridized carbons (Fsp3) is 0.0438. The smallest absolute Gasteiger partial charge is 0.238 e. The SMILES string of the molecule is CC1(C)c2ccccc2-c2cc3c(cc21)c1cc(-c2ccccc2)ccc1n3-c1nc(-c2ccccc2)cc(-c2ccccc2)n1.CC1(C)c2ccccc2-c2cc3c(cc21)c1cc(-n2c4ccccc4c4ccccc42)ccc1n3-c1ccc(-c2nc(-c3ccccc3)cc(-c3ccccc3)n2)cc1.c1ccc(-c2nc(-c3ccccc3)nc(-n3c4ccccc4c4c5c6ccccc6n(-c6ccccc6)c5ccc43)n2)cc1. The van der Waals surface area contributed by atoms with Gasteiger partial charge in [-0.3, -0.25) is 9.13 Å². The summed E-state index contributed by atoms with van der Waals surface area (Å²) in [4.78, 5) is 35.9. The predicted molar refractivity (Wildman–Crippen MR) is 614 cm³/mol. The Morgan fingerprint density at radius 1 is 0.154 bits per heavy atom. The zero-order valence-corrected chi connectivity index (χ0v) is 82.2. The molecule has 0 atom stereocenters. The van der Waals surface area contributed by atoms with Crippen molar-refractivity contribution in [1.29, 1.82) is 0 Å². The van der Waals surface area contributed by atoms with Gasteiger partial charge < -0.3 is 13.7 Å². The van der Waals surface area contributed by atoms with Gasteiger partial charge in [-0.25, -0.2) is 24.9 Å². The van der Waals surface area contributed by atoms with E-state index < -0.39 is 0 Å². The average Bonchev–Trinajstić information content (AvgIpc) is 1.55. The Labute approximate surface area is 860 Å². The molecule has 12 heteroatoms. The first-order valence-corrected chi connectivity index (χ1v) is 50.9. The van der Waals surface area contributed by atoms with Crippen LogP contribution in [-0.2, 0) is 10.8 Å². The normalized spacial score (nSPS) is 12.7. The molecule has 0 bridgehead atoms. The summed E-state index contributed by atoms with van der Waals surface area (Å²) < 4.78 is 11.7. The second-order valence-electron chi connectivity index (χ2n) is 39.8. The van der Waals surface area contributed by atoms with Crippen molar-refractivity contribution in [2.45, 2.75) is 38.5 Å². The van der Waals surface area contributed by atoms with Crippen molar-refractivity contribution in [2.24, 2.45) is 0 Å². The Balaban J connectivity index is 0.000000109. The molecular formula is C137H94N12. The van der Waals surface area contributed by atoms with E-state index in [0.717, 1.165) is 106 Å². The van der Waals surface area contributed by atoms with Crippen LogP contribution in [0, 0.1) is 0 Å². The zero-order chi connectivity index (χ0) is 99.1. The molecular weight excluding hydrogens is 1810 g/mol. The van der Waals surface area contributed by atoms with E-state index in [-0.39, 0.29) is 10.8 Å². The molecule has 30 rings (SSSR count). The van der Waals surface area contributed by atoms with E-state index in [1.807, 2.05) is 84.9 Å². The summed E-state index contributed by atoms with van der Waals surface area (Å²) >= 11 is 0. The molecule has 0 aliphatic heterocycles. The van der Waals surface area contributed by atoms with Crippen molar-refractivity contribution in [3.8, 4) is 142 Å². The van der Waals surface area contributed by atoms with Crippen LogP contribution in [0.25, 0.3) is 251 Å². The van der Waals surface area contributed by atoms with Gasteiger partial charge in [-0.2, -0.15) is 9.97 Å². The lowest BCUT2D eigenvalue weighted by Gasteiger charge is -2.21. The van der Waals surface area contributed by atoms with Crippen molar-refractivity contribution in [2.75, 3.05) is 0 Å². The van der Waals surface area contributed by atoms with Gasteiger partial charge in [-0.05, 0) is 195 Å². The maximum absolute atomic E-state index is 5.27. The first kappa shape index (κ1) is 87.4. The molecule has 20 aromatic carbocycles. The first-order valence-electron chi connectivity index (χ1n) is 50.9. The van der Waals surface area contributed by atoms with Gasteiger partial charge in [0.2, 0.25) is 11.9 Å². The molecule has 2 aliphatic rings. The van der Waals surface area contributed by atoms with Crippen molar-refractivity contribution in [1.82, 2.24) is 57.7 Å². The van der Waals surface area contributed by atoms with Crippen LogP contribution in [0.3, 0.4) is 0 Å². The minimum absolute atomic E-state index is 0.101. The third kappa shape index (κ3) is 14.6. The van der Waals surface area contributed by atoms with Gasteiger partial charge in [-0.15, -0.1) is 0 Å². The molecule has 0 fully saturated rings. The van der Waals surface area contributed by atoms with Gasteiger partial charge in [0.1, 0.15) is 0 Å². The number of hydrogen-bond acceptors (Lipinski definition) is 7. The van der Waals surface area contributed by atoms with Gasteiger partial charge in [0.15, 0.2) is 17.5 Å². The molecule has 0 radical (unpaired) electrons. The maximum Gasteiger partial charge on any atom is 0.238 e. The molecule has 8 heterocycles. The third-order valence-electron chi connectivity index (χ3n) is 30.5. The Kier molecular flexibility index (Phi) is 20.7. The number of para-hydroxylation sites is 5. The Morgan fingerprint density at radius 2 is 0.443 bits per heavy atom. The molecule has 0 unspecified atom stereocenters. The minimum atomic E-state index is -0.118. The van der Waals surface area contributed by atoms with Gasteiger partial charge in [0.25, 0.3) is 0 Å². The summed E-state index contributed by atoms with van der Waals surface area (Å²) in [7, 11) is 0. The van der Waals surface area contributed by atoms with E-state index in [0.29, 0.717) is 29.4 Å². The molecule has 28 aromatic rings. The van der Waals surface area contributed by atoms with E-state index >= 15 is 0 Å². The summed E-state index contributed by atoms with van der Waals surface area (Å²) in [5, 5.41) is 12.2. The van der Waals surface area contributed by atoms with Crippen LogP contribution in [0.1, 0.15) is 49.9 Å². The lowest BCUT2D eigenvalue weighted by Crippen LogP contribution is -2.14. The topological polar surface area (TPSA) is 115 Å². The highest BCUT2D eigenvalue weighted by atomic mass is 15.2. The number of rotatable bonds is 13. The summed E-state index contributed by atoms with van der Waals surface area (Å²) in [5.41, 5.74) is 38.3. The highest BCUT2D eigenvalue weighted by molar-refractivity contribution is 6.29. The van der Waals surface area contributed by atoms with Crippen LogP contribution in [0.5, 0.6) is 0 Å². The van der Waals surface area contributed by atoms with Crippen LogP contribution >= 0.6 is 0 Å². The summed E-state index contributed by atoms with van der Waals surface area (Å²) in [6.07, 6.45) is 0. The van der Waals surface area contributed by atoms with Crippen LogP contribution in [-0.4, -0.2) is 57.7 Å². The molecule has 0 saturated heterocycles. The molecule has 702 valence electrons. The molecule has 12 nitrogen and oxygen atoms in total. The van der Waals surface area contributed by atoms with E-state index in [4.69, 9.17) is 34.9 Å². The van der Waals surface area contributed by atoms with Crippen LogP contribution in [0.4, 0.5) is 0 Å². The second kappa shape index (κ2) is 35.3. The average molecular weight is 1910 g/mol. The zero-order valence-electron chi connectivity index (χ0n) is 82.2. The van der Waals surface area contributed by atoms with E-state index in [1.54, 1.807) is 0 Å². The standard InChI is InChI=1S/C55H38N4.C43H31N3.C39H25N5/c1-55(2)46-22-12-9-19-40(46)43-33-53-45(32-47(43)55)44-31-39(59-50-23-13-10-20-41(50)42-21-11-14-24-51(42)59)29-30-52(44)58(53)38-27-25-37(26-28-38)54-56-48(35-15-5-3-6-16-35)34-49(57-54)36-17-7-4-8-18-36;1-43(2)36-21-13-12-20-32(36)33-26-41-35(25-37(33)43)34-24-31(28-14-6-3-7-15-28)22-23-40(34)46(41)42-44-38(29-16-8-4-9-17-29)27-39(45-42)30-18-10-5-11-19-30;1-4-14-26(15-5-1)37-40-38(27-16-6-2-7-17-27)42-39(41-37)44-32-23-13-11-21-30(32)36-34(44)25-24-33-35(36)29-20-10-12-22-31(29)43(33)28-18-8-3-9-19-28/h3-34H,1-2H3;3-27H,1-2H3;1-25H. The van der Waals surface area contributed by atoms with Crippen molar-refractivity contribution in [3.05, 3.63) is 520 Å². The largest absolute Gasteiger partial charge is 0.309 e. The Bertz CT molecular complexity index is 9950. The molecule has 0 N–H and O–H groups in total. The minimum Gasteiger partial charge on any atom is -0.309 e. The molecule has 0 amide bonds. The van der Waals surface area contributed by atoms with Crippen LogP contribution < -0.4 is 0 Å². The molecule has 149 heavy (non-hydrogen) atoms. The first-order chi connectivity index (χ1) is 73.4. The number of nitrogens with zero attached hydrogens (tertiary/aromatic N) is 12. The van der Waals surface area contributed by atoms with Gasteiger partial charge >= 0.3 is 0 Å². The number of benzene rings is 20. The van der Waals surface area contributed by atoms with Crippen LogP contribution in [0.2, 0.25) is 0 Å². The summed E-state index contributed by atoms with van der Waals surface area (Å²) in [6.45, 7) is 9.42.